The minimum Gasteiger partial charge on any atom is -0.225 e. The summed E-state index contributed by atoms with van der Waals surface area (Å²) in [5, 5.41) is 5.27. The first-order chi connectivity index (χ1) is 10.9. The van der Waals surface area contributed by atoms with Crippen molar-refractivity contribution in [2.45, 2.75) is 36.0 Å². The molecule has 2 aromatic carbocycles. The van der Waals surface area contributed by atoms with Crippen molar-refractivity contribution >= 4 is 21.6 Å². The van der Waals surface area contributed by atoms with Gasteiger partial charge in [0.25, 0.3) is 0 Å². The Balaban J connectivity index is 1.91. The second-order valence-electron chi connectivity index (χ2n) is 5.93. The molecule has 122 valence electrons. The van der Waals surface area contributed by atoms with E-state index in [9.17, 15) is 12.8 Å². The highest BCUT2D eigenvalue weighted by molar-refractivity contribution is 7.89. The highest BCUT2D eigenvalue weighted by Gasteiger charge is 2.30. The van der Waals surface area contributed by atoms with E-state index in [2.05, 4.69) is 0 Å². The van der Waals surface area contributed by atoms with Crippen LogP contribution in [0.5, 0.6) is 0 Å². The molecule has 0 saturated heterocycles. The van der Waals surface area contributed by atoms with Crippen molar-refractivity contribution in [2.75, 3.05) is 0 Å². The van der Waals surface area contributed by atoms with Gasteiger partial charge in [0.05, 0.1) is 9.92 Å². The summed E-state index contributed by atoms with van der Waals surface area (Å²) in [5.74, 6) is 0.113. The molecule has 0 spiro atoms. The fraction of sp³-hybridized carbons (Fsp3) is 0.294. The van der Waals surface area contributed by atoms with Crippen LogP contribution in [0.1, 0.15) is 42.2 Å². The van der Waals surface area contributed by atoms with Crippen LogP contribution < -0.4 is 5.14 Å². The zero-order valence-corrected chi connectivity index (χ0v) is 13.9. The van der Waals surface area contributed by atoms with Crippen LogP contribution in [-0.2, 0) is 10.0 Å². The van der Waals surface area contributed by atoms with Gasteiger partial charge in [0.15, 0.2) is 0 Å². The summed E-state index contributed by atoms with van der Waals surface area (Å²) < 4.78 is 36.1. The van der Waals surface area contributed by atoms with Crippen molar-refractivity contribution < 1.29 is 12.8 Å². The molecule has 0 aromatic heterocycles. The quantitative estimate of drug-likeness (QED) is 0.899. The molecule has 3 rings (SSSR count). The van der Waals surface area contributed by atoms with Gasteiger partial charge in [0, 0.05) is 0 Å². The molecule has 0 amide bonds. The molecule has 1 saturated carbocycles. The number of rotatable bonds is 3. The van der Waals surface area contributed by atoms with E-state index in [4.69, 9.17) is 16.7 Å². The number of halogens is 2. The molecular formula is C17H17ClFNO2S. The Kier molecular flexibility index (Phi) is 4.45. The average Bonchev–Trinajstić information content (AvgIpc) is 2.99. The third-order valence-electron chi connectivity index (χ3n) is 4.52. The summed E-state index contributed by atoms with van der Waals surface area (Å²) in [6.07, 6.45) is 3.08. The summed E-state index contributed by atoms with van der Waals surface area (Å²) in [5.41, 5.74) is 2.09. The molecule has 0 aliphatic heterocycles. The summed E-state index contributed by atoms with van der Waals surface area (Å²) in [6, 6.07) is 11.6. The zero-order chi connectivity index (χ0) is 16.6. The largest absolute Gasteiger partial charge is 0.238 e. The van der Waals surface area contributed by atoms with Crippen LogP contribution in [0.4, 0.5) is 4.39 Å². The van der Waals surface area contributed by atoms with E-state index >= 15 is 0 Å². The van der Waals surface area contributed by atoms with Gasteiger partial charge in [-0.2, -0.15) is 0 Å². The van der Waals surface area contributed by atoms with Crippen molar-refractivity contribution in [1.82, 2.24) is 0 Å². The SMILES string of the molecule is NS(=O)(=O)c1ccc(C2CCCC2c2ccc(F)c(Cl)c2)cc1. The first kappa shape index (κ1) is 16.4. The first-order valence-corrected chi connectivity index (χ1v) is 9.36. The van der Waals surface area contributed by atoms with Gasteiger partial charge in [-0.15, -0.1) is 0 Å². The van der Waals surface area contributed by atoms with Gasteiger partial charge in [-0.1, -0.05) is 36.2 Å². The Morgan fingerprint density at radius 3 is 2.13 bits per heavy atom. The third-order valence-corrected chi connectivity index (χ3v) is 5.74. The minimum atomic E-state index is -3.68. The van der Waals surface area contributed by atoms with Gasteiger partial charge in [-0.3, -0.25) is 0 Å². The molecule has 23 heavy (non-hydrogen) atoms. The molecule has 1 aliphatic rings. The van der Waals surface area contributed by atoms with Gasteiger partial charge in [0.1, 0.15) is 5.82 Å². The fourth-order valence-corrected chi connectivity index (χ4v) is 4.11. The standard InChI is InChI=1S/C17H17ClFNO2S/c18-16-10-12(6-9-17(16)19)15-3-1-2-14(15)11-4-7-13(8-5-11)23(20,21)22/h4-10,14-15H,1-3H2,(H2,20,21,22). The number of nitrogens with two attached hydrogens (primary N) is 1. The summed E-state index contributed by atoms with van der Waals surface area (Å²) in [4.78, 5) is 0.112. The Labute approximate surface area is 140 Å². The topological polar surface area (TPSA) is 60.2 Å². The Hall–Kier alpha value is -1.43. The number of sulfonamides is 1. The van der Waals surface area contributed by atoms with Crippen LogP contribution in [0, 0.1) is 5.82 Å². The Morgan fingerprint density at radius 1 is 1.00 bits per heavy atom. The molecule has 2 aromatic rings. The molecule has 0 radical (unpaired) electrons. The van der Waals surface area contributed by atoms with Gasteiger partial charge in [0.2, 0.25) is 10.0 Å². The summed E-state index contributed by atoms with van der Waals surface area (Å²) in [6.45, 7) is 0. The van der Waals surface area contributed by atoms with Crippen molar-refractivity contribution in [3.8, 4) is 0 Å². The maximum Gasteiger partial charge on any atom is 0.238 e. The number of hydrogen-bond donors (Lipinski definition) is 1. The Bertz CT molecular complexity index is 821. The summed E-state index contributed by atoms with van der Waals surface area (Å²) in [7, 11) is -3.68. The van der Waals surface area contributed by atoms with E-state index in [1.807, 2.05) is 12.1 Å². The second-order valence-corrected chi connectivity index (χ2v) is 7.90. The molecular weight excluding hydrogens is 337 g/mol. The van der Waals surface area contributed by atoms with E-state index in [1.54, 1.807) is 12.1 Å². The van der Waals surface area contributed by atoms with Gasteiger partial charge in [-0.25, -0.2) is 17.9 Å². The van der Waals surface area contributed by atoms with E-state index in [0.29, 0.717) is 0 Å². The zero-order valence-electron chi connectivity index (χ0n) is 12.4. The van der Waals surface area contributed by atoms with E-state index in [0.717, 1.165) is 30.4 Å². The maximum absolute atomic E-state index is 13.4. The van der Waals surface area contributed by atoms with Crippen LogP contribution >= 0.6 is 11.6 Å². The lowest BCUT2D eigenvalue weighted by atomic mass is 9.84. The molecule has 1 fully saturated rings. The van der Waals surface area contributed by atoms with Crippen LogP contribution in [0.3, 0.4) is 0 Å². The molecule has 3 nitrogen and oxygen atoms in total. The van der Waals surface area contributed by atoms with Gasteiger partial charge >= 0.3 is 0 Å². The number of hydrogen-bond acceptors (Lipinski definition) is 2. The molecule has 2 unspecified atom stereocenters. The van der Waals surface area contributed by atoms with Gasteiger partial charge < -0.3 is 0 Å². The molecule has 6 heteroatoms. The van der Waals surface area contributed by atoms with E-state index < -0.39 is 15.8 Å². The predicted molar refractivity (Wildman–Crippen MR) is 88.6 cm³/mol. The molecule has 2 N–H and O–H groups in total. The molecule has 2 atom stereocenters. The predicted octanol–water partition coefficient (Wildman–Crippen LogP) is 4.18. The lowest BCUT2D eigenvalue weighted by Gasteiger charge is -2.21. The highest BCUT2D eigenvalue weighted by Crippen LogP contribution is 2.46. The monoisotopic (exact) mass is 353 g/mol. The average molecular weight is 354 g/mol. The van der Waals surface area contributed by atoms with Crippen LogP contribution in [-0.4, -0.2) is 8.42 Å². The van der Waals surface area contributed by atoms with E-state index in [-0.39, 0.29) is 21.8 Å². The van der Waals surface area contributed by atoms with Crippen molar-refractivity contribution in [1.29, 1.82) is 0 Å². The summed E-state index contributed by atoms with van der Waals surface area (Å²) >= 11 is 5.90. The van der Waals surface area contributed by atoms with Crippen LogP contribution in [0.25, 0.3) is 0 Å². The normalized spacial score (nSPS) is 21.5. The van der Waals surface area contributed by atoms with Crippen LogP contribution in [0.15, 0.2) is 47.4 Å². The number of primary sulfonamides is 1. The smallest absolute Gasteiger partial charge is 0.225 e. The van der Waals surface area contributed by atoms with Crippen LogP contribution in [0.2, 0.25) is 5.02 Å². The first-order valence-electron chi connectivity index (χ1n) is 7.44. The van der Waals surface area contributed by atoms with E-state index in [1.165, 1.54) is 18.2 Å². The second kappa shape index (κ2) is 6.23. The van der Waals surface area contributed by atoms with Crippen molar-refractivity contribution in [2.24, 2.45) is 5.14 Å². The number of benzene rings is 2. The molecule has 1 aliphatic carbocycles. The molecule has 0 bridgehead atoms. The Morgan fingerprint density at radius 2 is 1.57 bits per heavy atom. The minimum absolute atomic E-state index is 0.112. The highest BCUT2D eigenvalue weighted by atomic mass is 35.5. The fourth-order valence-electron chi connectivity index (χ4n) is 3.41. The van der Waals surface area contributed by atoms with Crippen molar-refractivity contribution in [3.63, 3.8) is 0 Å². The maximum atomic E-state index is 13.4. The third kappa shape index (κ3) is 3.42. The van der Waals surface area contributed by atoms with Gasteiger partial charge in [-0.05, 0) is 60.1 Å². The lowest BCUT2D eigenvalue weighted by molar-refractivity contribution is 0.597. The van der Waals surface area contributed by atoms with Crippen molar-refractivity contribution in [3.05, 3.63) is 64.4 Å². The lowest BCUT2D eigenvalue weighted by Crippen LogP contribution is -2.12. The molecule has 0 heterocycles.